The molecule has 0 amide bonds. The van der Waals surface area contributed by atoms with Gasteiger partial charge in [-0.2, -0.15) is 5.26 Å². The van der Waals surface area contributed by atoms with Crippen LogP contribution in [0.4, 0.5) is 0 Å². The maximum atomic E-state index is 12.7. The van der Waals surface area contributed by atoms with E-state index in [0.717, 1.165) is 5.39 Å². The van der Waals surface area contributed by atoms with E-state index in [1.165, 1.54) is 0 Å². The van der Waals surface area contributed by atoms with Gasteiger partial charge in [-0.25, -0.2) is 4.79 Å². The first-order valence-electron chi connectivity index (χ1n) is 8.65. The Kier molecular flexibility index (Phi) is 4.77. The third-order valence-electron chi connectivity index (χ3n) is 4.20. The molecule has 28 heavy (non-hydrogen) atoms. The van der Waals surface area contributed by atoms with Gasteiger partial charge in [0.05, 0.1) is 17.2 Å². The number of nitrogens with zero attached hydrogens (tertiary/aromatic N) is 1. The fourth-order valence-electron chi connectivity index (χ4n) is 2.83. The van der Waals surface area contributed by atoms with Crippen molar-refractivity contribution in [3.05, 3.63) is 95.7 Å². The summed E-state index contributed by atoms with van der Waals surface area (Å²) in [5.41, 5.74) is 1.69. The van der Waals surface area contributed by atoms with Crippen molar-refractivity contribution in [3.8, 4) is 17.6 Å². The Morgan fingerprint density at radius 1 is 0.893 bits per heavy atom. The van der Waals surface area contributed by atoms with Crippen LogP contribution in [-0.2, 0) is 6.61 Å². The zero-order chi connectivity index (χ0) is 19.3. The molecule has 136 valence electrons. The van der Waals surface area contributed by atoms with Gasteiger partial charge in [0.25, 0.3) is 0 Å². The molecule has 0 fully saturated rings. The van der Waals surface area contributed by atoms with Crippen molar-refractivity contribution in [3.63, 3.8) is 0 Å². The molecule has 5 nitrogen and oxygen atoms in total. The summed E-state index contributed by atoms with van der Waals surface area (Å²) in [5.74, 6) is 0.507. The number of esters is 1. The number of nitriles is 1. The number of fused-ring (bicyclic) bond motifs is 1. The molecule has 0 saturated heterocycles. The van der Waals surface area contributed by atoms with Crippen molar-refractivity contribution in [2.24, 2.45) is 0 Å². The van der Waals surface area contributed by atoms with Crippen LogP contribution in [0.2, 0.25) is 0 Å². The summed E-state index contributed by atoms with van der Waals surface area (Å²) in [6, 6.07) is 25.1. The highest BCUT2D eigenvalue weighted by molar-refractivity contribution is 5.97. The molecule has 0 N–H and O–H groups in total. The van der Waals surface area contributed by atoms with Crippen LogP contribution in [0.1, 0.15) is 21.7 Å². The molecule has 5 heteroatoms. The lowest BCUT2D eigenvalue weighted by Gasteiger charge is -2.07. The van der Waals surface area contributed by atoms with Crippen molar-refractivity contribution < 1.29 is 18.7 Å². The number of para-hydroxylation sites is 2. The molecule has 0 aliphatic carbocycles. The van der Waals surface area contributed by atoms with Crippen molar-refractivity contribution in [2.75, 3.05) is 0 Å². The Labute approximate surface area is 161 Å². The number of hydrogen-bond acceptors (Lipinski definition) is 5. The molecule has 0 radical (unpaired) electrons. The van der Waals surface area contributed by atoms with Gasteiger partial charge in [0.1, 0.15) is 23.7 Å². The van der Waals surface area contributed by atoms with E-state index in [9.17, 15) is 4.79 Å². The number of benzene rings is 3. The minimum atomic E-state index is -0.618. The lowest BCUT2D eigenvalue weighted by molar-refractivity contribution is 0.0700. The van der Waals surface area contributed by atoms with Crippen molar-refractivity contribution >= 4 is 16.9 Å². The predicted molar refractivity (Wildman–Crippen MR) is 103 cm³/mol. The van der Waals surface area contributed by atoms with Crippen LogP contribution in [0.15, 0.2) is 83.3 Å². The summed E-state index contributed by atoms with van der Waals surface area (Å²) in [5, 5.41) is 9.67. The van der Waals surface area contributed by atoms with Gasteiger partial charge in [0, 0.05) is 5.39 Å². The first-order chi connectivity index (χ1) is 13.7. The molecule has 0 spiro atoms. The Balaban J connectivity index is 1.63. The zero-order valence-corrected chi connectivity index (χ0v) is 14.8. The van der Waals surface area contributed by atoms with E-state index in [1.807, 2.05) is 54.6 Å². The molecule has 0 unspecified atom stereocenters. The van der Waals surface area contributed by atoms with Crippen molar-refractivity contribution in [1.29, 1.82) is 5.26 Å². The largest absolute Gasteiger partial charge is 0.489 e. The highest BCUT2D eigenvalue weighted by Crippen LogP contribution is 2.28. The first kappa shape index (κ1) is 17.4. The van der Waals surface area contributed by atoms with Crippen LogP contribution in [0.25, 0.3) is 11.0 Å². The van der Waals surface area contributed by atoms with Gasteiger partial charge in [-0.05, 0) is 42.5 Å². The zero-order valence-electron chi connectivity index (χ0n) is 14.8. The van der Waals surface area contributed by atoms with E-state index in [1.54, 1.807) is 30.3 Å². The number of rotatable bonds is 5. The first-order valence-corrected chi connectivity index (χ1v) is 8.65. The molecule has 0 aliphatic heterocycles. The van der Waals surface area contributed by atoms with Gasteiger partial charge >= 0.3 is 5.97 Å². The minimum absolute atomic E-state index is 0.0986. The molecular formula is C23H15NO4. The molecule has 1 heterocycles. The summed E-state index contributed by atoms with van der Waals surface area (Å²) < 4.78 is 17.0. The number of ether oxygens (including phenoxy) is 2. The molecule has 0 bridgehead atoms. The molecular weight excluding hydrogens is 354 g/mol. The van der Waals surface area contributed by atoms with Crippen LogP contribution in [0, 0.1) is 11.3 Å². The standard InChI is InChI=1S/C23H15NO4/c24-14-16-10-12-18(13-11-16)27-23(25)22-20(15-26-17-6-2-1-3-7-17)19-8-4-5-9-21(19)28-22/h1-13H,15H2. The summed E-state index contributed by atoms with van der Waals surface area (Å²) in [6.07, 6.45) is 0. The second-order valence-electron chi connectivity index (χ2n) is 6.03. The molecule has 3 aromatic carbocycles. The predicted octanol–water partition coefficient (Wildman–Crippen LogP) is 5.10. The normalized spacial score (nSPS) is 10.4. The number of hydrogen-bond donors (Lipinski definition) is 0. The van der Waals surface area contributed by atoms with E-state index in [-0.39, 0.29) is 12.4 Å². The monoisotopic (exact) mass is 369 g/mol. The van der Waals surface area contributed by atoms with E-state index >= 15 is 0 Å². The van der Waals surface area contributed by atoms with Gasteiger partial charge in [0.15, 0.2) is 0 Å². The van der Waals surface area contributed by atoms with E-state index < -0.39 is 5.97 Å². The molecule has 0 aliphatic rings. The van der Waals surface area contributed by atoms with Crippen LogP contribution in [0.5, 0.6) is 11.5 Å². The smallest absolute Gasteiger partial charge is 0.380 e. The average Bonchev–Trinajstić information content (AvgIpc) is 3.12. The molecule has 0 atom stereocenters. The van der Waals surface area contributed by atoms with Crippen molar-refractivity contribution in [1.82, 2.24) is 0 Å². The topological polar surface area (TPSA) is 72.5 Å². The number of furan rings is 1. The number of carbonyl (C=O) groups is 1. The van der Waals surface area contributed by atoms with Gasteiger partial charge in [-0.15, -0.1) is 0 Å². The van der Waals surface area contributed by atoms with Gasteiger partial charge in [-0.3, -0.25) is 0 Å². The van der Waals surface area contributed by atoms with E-state index in [2.05, 4.69) is 0 Å². The fourth-order valence-corrected chi connectivity index (χ4v) is 2.83. The van der Waals surface area contributed by atoms with Gasteiger partial charge in [-0.1, -0.05) is 36.4 Å². The minimum Gasteiger partial charge on any atom is -0.489 e. The molecule has 0 saturated carbocycles. The van der Waals surface area contributed by atoms with Crippen LogP contribution >= 0.6 is 0 Å². The summed E-state index contributed by atoms with van der Waals surface area (Å²) >= 11 is 0. The maximum Gasteiger partial charge on any atom is 0.380 e. The van der Waals surface area contributed by atoms with Gasteiger partial charge in [0.2, 0.25) is 5.76 Å². The quantitative estimate of drug-likeness (QED) is 0.361. The second kappa shape index (κ2) is 7.68. The lowest BCUT2D eigenvalue weighted by atomic mass is 10.1. The Bertz CT molecular complexity index is 1150. The molecule has 4 aromatic rings. The molecule has 4 rings (SSSR count). The van der Waals surface area contributed by atoms with Gasteiger partial charge < -0.3 is 13.9 Å². The van der Waals surface area contributed by atoms with Crippen LogP contribution < -0.4 is 9.47 Å². The third kappa shape index (κ3) is 3.57. The highest BCUT2D eigenvalue weighted by atomic mass is 16.5. The second-order valence-corrected chi connectivity index (χ2v) is 6.03. The summed E-state index contributed by atoms with van der Waals surface area (Å²) in [7, 11) is 0. The fraction of sp³-hybridized carbons (Fsp3) is 0.0435. The molecule has 1 aromatic heterocycles. The van der Waals surface area contributed by atoms with E-state index in [4.69, 9.17) is 19.2 Å². The third-order valence-corrected chi connectivity index (χ3v) is 4.20. The summed E-state index contributed by atoms with van der Waals surface area (Å²) in [4.78, 5) is 12.7. The Morgan fingerprint density at radius 2 is 1.61 bits per heavy atom. The SMILES string of the molecule is N#Cc1ccc(OC(=O)c2oc3ccccc3c2COc2ccccc2)cc1. The van der Waals surface area contributed by atoms with Crippen LogP contribution in [-0.4, -0.2) is 5.97 Å². The maximum absolute atomic E-state index is 12.7. The Morgan fingerprint density at radius 3 is 2.36 bits per heavy atom. The number of carbonyl (C=O) groups excluding carboxylic acids is 1. The highest BCUT2D eigenvalue weighted by Gasteiger charge is 2.23. The lowest BCUT2D eigenvalue weighted by Crippen LogP contribution is -2.11. The van der Waals surface area contributed by atoms with E-state index in [0.29, 0.717) is 28.2 Å². The summed E-state index contributed by atoms with van der Waals surface area (Å²) in [6.45, 7) is 0.166. The van der Waals surface area contributed by atoms with Crippen LogP contribution in [0.3, 0.4) is 0 Å². The average molecular weight is 369 g/mol. The Hall–Kier alpha value is -4.04. The van der Waals surface area contributed by atoms with Crippen molar-refractivity contribution in [2.45, 2.75) is 6.61 Å².